The van der Waals surface area contributed by atoms with Crippen LogP contribution >= 0.6 is 0 Å². The molecule has 0 unspecified atom stereocenters. The number of hydrogen-bond acceptors (Lipinski definition) is 5. The minimum Gasteiger partial charge on any atom is -0.467 e. The van der Waals surface area contributed by atoms with Crippen molar-refractivity contribution in [1.29, 1.82) is 0 Å². The molecule has 0 saturated carbocycles. The molecule has 3 amide bonds. The van der Waals surface area contributed by atoms with Gasteiger partial charge in [-0.2, -0.15) is 0 Å². The molecule has 8 nitrogen and oxygen atoms in total. The molecule has 0 aromatic carbocycles. The number of esters is 1. The van der Waals surface area contributed by atoms with Gasteiger partial charge in [-0.3, -0.25) is 14.4 Å². The summed E-state index contributed by atoms with van der Waals surface area (Å²) >= 11 is 0. The summed E-state index contributed by atoms with van der Waals surface area (Å²) in [5.74, 6) is -1.94. The fourth-order valence-electron chi connectivity index (χ4n) is 1.35. The third-order valence-corrected chi connectivity index (χ3v) is 2.48. The molecule has 20 heavy (non-hydrogen) atoms. The fraction of sp³-hybridized carbons (Fsp3) is 0.667. The molecule has 0 aliphatic rings. The van der Waals surface area contributed by atoms with E-state index in [0.29, 0.717) is 0 Å². The predicted octanol–water partition coefficient (Wildman–Crippen LogP) is -1.31. The summed E-state index contributed by atoms with van der Waals surface area (Å²) in [4.78, 5) is 45.4. The van der Waals surface area contributed by atoms with Crippen LogP contribution in [0.25, 0.3) is 0 Å². The van der Waals surface area contributed by atoms with Gasteiger partial charge in [0.2, 0.25) is 17.7 Å². The molecular formula is C12H21N3O5. The average Bonchev–Trinajstić information content (AvgIpc) is 2.36. The summed E-state index contributed by atoms with van der Waals surface area (Å²) in [6.07, 6.45) is 0. The molecule has 0 fully saturated rings. The van der Waals surface area contributed by atoms with Crippen molar-refractivity contribution in [3.63, 3.8) is 0 Å². The monoisotopic (exact) mass is 287 g/mol. The van der Waals surface area contributed by atoms with E-state index < -0.39 is 35.9 Å². The lowest BCUT2D eigenvalue weighted by atomic mass is 10.2. The summed E-state index contributed by atoms with van der Waals surface area (Å²) < 4.78 is 4.47. The Hall–Kier alpha value is -2.12. The predicted molar refractivity (Wildman–Crippen MR) is 70.5 cm³/mol. The molecule has 3 atom stereocenters. The van der Waals surface area contributed by atoms with Crippen LogP contribution < -0.4 is 16.0 Å². The maximum absolute atomic E-state index is 11.7. The molecule has 0 aliphatic heterocycles. The van der Waals surface area contributed by atoms with E-state index in [4.69, 9.17) is 0 Å². The second-order valence-corrected chi connectivity index (χ2v) is 4.41. The first-order valence-electron chi connectivity index (χ1n) is 6.14. The van der Waals surface area contributed by atoms with E-state index in [2.05, 4.69) is 20.7 Å². The van der Waals surface area contributed by atoms with Crippen molar-refractivity contribution in [2.45, 2.75) is 45.8 Å². The molecule has 114 valence electrons. The van der Waals surface area contributed by atoms with Crippen molar-refractivity contribution in [1.82, 2.24) is 16.0 Å². The van der Waals surface area contributed by atoms with Crippen molar-refractivity contribution >= 4 is 23.7 Å². The number of carbonyl (C=O) groups excluding carboxylic acids is 4. The van der Waals surface area contributed by atoms with E-state index in [-0.39, 0.29) is 5.91 Å². The quantitative estimate of drug-likeness (QED) is 0.525. The Kier molecular flexibility index (Phi) is 7.27. The second-order valence-electron chi connectivity index (χ2n) is 4.41. The highest BCUT2D eigenvalue weighted by atomic mass is 16.5. The van der Waals surface area contributed by atoms with Crippen molar-refractivity contribution in [3.8, 4) is 0 Å². The lowest BCUT2D eigenvalue weighted by Crippen LogP contribution is -2.53. The summed E-state index contributed by atoms with van der Waals surface area (Å²) in [6, 6.07) is -2.40. The van der Waals surface area contributed by atoms with Gasteiger partial charge >= 0.3 is 5.97 Å². The molecule has 0 radical (unpaired) electrons. The number of methoxy groups -OCH3 is 1. The average molecular weight is 287 g/mol. The third kappa shape index (κ3) is 6.17. The Bertz CT molecular complexity index is 397. The van der Waals surface area contributed by atoms with Gasteiger partial charge in [0.15, 0.2) is 0 Å². The maximum atomic E-state index is 11.7. The number of amides is 3. The Balaban J connectivity index is 4.35. The highest BCUT2D eigenvalue weighted by Crippen LogP contribution is 1.91. The van der Waals surface area contributed by atoms with Crippen LogP contribution in [0.5, 0.6) is 0 Å². The van der Waals surface area contributed by atoms with Crippen LogP contribution in [0, 0.1) is 0 Å². The number of hydrogen-bond donors (Lipinski definition) is 3. The van der Waals surface area contributed by atoms with E-state index in [1.54, 1.807) is 0 Å². The molecule has 0 aromatic rings. The molecule has 0 spiro atoms. The third-order valence-electron chi connectivity index (χ3n) is 2.48. The van der Waals surface area contributed by atoms with Crippen LogP contribution in [-0.2, 0) is 23.9 Å². The molecule has 0 saturated heterocycles. The highest BCUT2D eigenvalue weighted by molar-refractivity contribution is 5.92. The molecule has 0 bridgehead atoms. The van der Waals surface area contributed by atoms with Gasteiger partial charge in [0.1, 0.15) is 18.1 Å². The van der Waals surface area contributed by atoms with Crippen molar-refractivity contribution in [2.24, 2.45) is 0 Å². The van der Waals surface area contributed by atoms with E-state index in [1.807, 2.05) is 0 Å². The van der Waals surface area contributed by atoms with Crippen LogP contribution in [0.3, 0.4) is 0 Å². The minimum atomic E-state index is -0.842. The molecule has 0 heterocycles. The van der Waals surface area contributed by atoms with Crippen LogP contribution in [0.15, 0.2) is 0 Å². The van der Waals surface area contributed by atoms with Gasteiger partial charge < -0.3 is 20.7 Å². The second kappa shape index (κ2) is 8.13. The summed E-state index contributed by atoms with van der Waals surface area (Å²) in [6.45, 7) is 5.73. The van der Waals surface area contributed by atoms with Gasteiger partial charge in [-0.25, -0.2) is 4.79 Å². The first-order valence-corrected chi connectivity index (χ1v) is 6.14. The number of carbonyl (C=O) groups is 4. The zero-order valence-corrected chi connectivity index (χ0v) is 12.3. The van der Waals surface area contributed by atoms with Crippen LogP contribution in [0.2, 0.25) is 0 Å². The standard InChI is InChI=1S/C12H21N3O5/c1-6(13-9(4)16)10(17)14-7(2)11(18)15-8(3)12(19)20-5/h6-8H,1-5H3,(H,13,16)(H,14,17)(H,15,18)/t6-,7+,8+/m1/s1. The largest absolute Gasteiger partial charge is 0.467 e. The summed E-state index contributed by atoms with van der Waals surface area (Å²) in [5, 5.41) is 7.23. The molecule has 8 heteroatoms. The highest BCUT2D eigenvalue weighted by Gasteiger charge is 2.23. The van der Waals surface area contributed by atoms with Crippen molar-refractivity contribution in [3.05, 3.63) is 0 Å². The van der Waals surface area contributed by atoms with Crippen molar-refractivity contribution in [2.75, 3.05) is 7.11 Å². The normalized spacial score (nSPS) is 14.4. The summed E-state index contributed by atoms with van der Waals surface area (Å²) in [7, 11) is 1.21. The number of ether oxygens (including phenoxy) is 1. The molecule has 3 N–H and O–H groups in total. The Morgan fingerprint density at radius 3 is 1.60 bits per heavy atom. The Labute approximate surface area is 117 Å². The lowest BCUT2D eigenvalue weighted by Gasteiger charge is -2.19. The van der Waals surface area contributed by atoms with Crippen LogP contribution in [-0.4, -0.2) is 48.9 Å². The SMILES string of the molecule is COC(=O)[C@H](C)NC(=O)[C@H](C)NC(=O)[C@@H](C)NC(C)=O. The van der Waals surface area contributed by atoms with E-state index in [0.717, 1.165) is 0 Å². The Morgan fingerprint density at radius 1 is 0.800 bits per heavy atom. The van der Waals surface area contributed by atoms with Gasteiger partial charge in [-0.1, -0.05) is 0 Å². The Morgan fingerprint density at radius 2 is 1.20 bits per heavy atom. The fourth-order valence-corrected chi connectivity index (χ4v) is 1.35. The first kappa shape index (κ1) is 17.9. The number of rotatable bonds is 6. The molecule has 0 rings (SSSR count). The maximum Gasteiger partial charge on any atom is 0.328 e. The smallest absolute Gasteiger partial charge is 0.328 e. The minimum absolute atomic E-state index is 0.343. The van der Waals surface area contributed by atoms with Gasteiger partial charge in [-0.05, 0) is 20.8 Å². The zero-order chi connectivity index (χ0) is 15.9. The van der Waals surface area contributed by atoms with Gasteiger partial charge in [0, 0.05) is 6.92 Å². The van der Waals surface area contributed by atoms with E-state index in [1.165, 1.54) is 34.8 Å². The van der Waals surface area contributed by atoms with Gasteiger partial charge in [0.25, 0.3) is 0 Å². The van der Waals surface area contributed by atoms with Crippen molar-refractivity contribution < 1.29 is 23.9 Å². The zero-order valence-electron chi connectivity index (χ0n) is 12.3. The molecule has 0 aromatic heterocycles. The number of nitrogens with one attached hydrogen (secondary N) is 3. The molecular weight excluding hydrogens is 266 g/mol. The molecule has 0 aliphatic carbocycles. The van der Waals surface area contributed by atoms with Gasteiger partial charge in [0.05, 0.1) is 7.11 Å². The van der Waals surface area contributed by atoms with Crippen LogP contribution in [0.1, 0.15) is 27.7 Å². The van der Waals surface area contributed by atoms with E-state index in [9.17, 15) is 19.2 Å². The van der Waals surface area contributed by atoms with Crippen LogP contribution in [0.4, 0.5) is 0 Å². The lowest BCUT2D eigenvalue weighted by molar-refractivity contribution is -0.144. The summed E-state index contributed by atoms with van der Waals surface area (Å²) in [5.41, 5.74) is 0. The first-order chi connectivity index (χ1) is 9.18. The van der Waals surface area contributed by atoms with E-state index >= 15 is 0 Å². The topological polar surface area (TPSA) is 114 Å². The van der Waals surface area contributed by atoms with Gasteiger partial charge in [-0.15, -0.1) is 0 Å².